The van der Waals surface area contributed by atoms with Crippen LogP contribution in [0.3, 0.4) is 0 Å². The summed E-state index contributed by atoms with van der Waals surface area (Å²) in [5.41, 5.74) is 12.5. The van der Waals surface area contributed by atoms with Crippen LogP contribution in [0.1, 0.15) is 32.3 Å². The second-order valence-corrected chi connectivity index (χ2v) is 13.3. The van der Waals surface area contributed by atoms with Crippen molar-refractivity contribution in [3.8, 4) is 22.3 Å². The van der Waals surface area contributed by atoms with E-state index < -0.39 is 0 Å². The van der Waals surface area contributed by atoms with Crippen LogP contribution in [0.25, 0.3) is 22.3 Å². The highest BCUT2D eigenvalue weighted by Gasteiger charge is 2.46. The molecule has 0 saturated carbocycles. The number of nitrogens with zero attached hydrogens (tertiary/aromatic N) is 2. The molecule has 0 radical (unpaired) electrons. The molecule has 230 valence electrons. The Balaban J connectivity index is 1.10. The Labute approximate surface area is 279 Å². The van der Waals surface area contributed by atoms with Crippen LogP contribution in [-0.4, -0.2) is 11.6 Å². The highest BCUT2D eigenvalue weighted by atomic mass is 15.2. The number of hydrogen-bond acceptors (Lipinski definition) is 2. The Morgan fingerprint density at radius 3 is 1.83 bits per heavy atom. The molecule has 3 aliphatic rings. The van der Waals surface area contributed by atoms with Crippen LogP contribution in [0, 0.1) is 5.92 Å². The lowest BCUT2D eigenvalue weighted by Crippen LogP contribution is -2.41. The highest BCUT2D eigenvalue weighted by Crippen LogP contribution is 2.53. The maximum absolute atomic E-state index is 2.51. The quantitative estimate of drug-likeness (QED) is 0.189. The van der Waals surface area contributed by atoms with Crippen LogP contribution < -0.4 is 9.80 Å². The van der Waals surface area contributed by atoms with E-state index in [1.54, 1.807) is 0 Å². The molecule has 47 heavy (non-hydrogen) atoms. The van der Waals surface area contributed by atoms with E-state index in [4.69, 9.17) is 0 Å². The van der Waals surface area contributed by atoms with E-state index in [1.807, 2.05) is 0 Å². The van der Waals surface area contributed by atoms with Crippen LogP contribution in [0.15, 0.2) is 175 Å². The summed E-state index contributed by atoms with van der Waals surface area (Å²) < 4.78 is 0. The molecular formula is C45H40N2. The summed E-state index contributed by atoms with van der Waals surface area (Å²) in [5.74, 6) is 0.738. The third kappa shape index (κ3) is 5.05. The van der Waals surface area contributed by atoms with Gasteiger partial charge in [0.05, 0.1) is 11.6 Å². The lowest BCUT2D eigenvalue weighted by Gasteiger charge is -2.39. The van der Waals surface area contributed by atoms with Crippen molar-refractivity contribution in [3.05, 3.63) is 181 Å². The van der Waals surface area contributed by atoms with Gasteiger partial charge in [0.2, 0.25) is 0 Å². The van der Waals surface area contributed by atoms with Gasteiger partial charge in [-0.3, -0.25) is 0 Å². The van der Waals surface area contributed by atoms with E-state index in [2.05, 4.69) is 200 Å². The van der Waals surface area contributed by atoms with Crippen LogP contribution in [-0.2, 0) is 0 Å². The molecule has 0 aromatic heterocycles. The molecule has 2 heteroatoms. The predicted octanol–water partition coefficient (Wildman–Crippen LogP) is 11.8. The van der Waals surface area contributed by atoms with E-state index in [1.165, 1.54) is 56.1 Å². The van der Waals surface area contributed by atoms with Crippen LogP contribution in [0.4, 0.5) is 22.7 Å². The summed E-state index contributed by atoms with van der Waals surface area (Å²) in [5, 5.41) is 0. The van der Waals surface area contributed by atoms with E-state index in [9.17, 15) is 0 Å². The molecule has 8 rings (SSSR count). The van der Waals surface area contributed by atoms with Gasteiger partial charge in [-0.2, -0.15) is 0 Å². The molecule has 4 unspecified atom stereocenters. The molecule has 0 saturated heterocycles. The fraction of sp³-hybridized carbons (Fsp3) is 0.156. The first-order valence-corrected chi connectivity index (χ1v) is 16.8. The summed E-state index contributed by atoms with van der Waals surface area (Å²) in [4.78, 5) is 5.00. The van der Waals surface area contributed by atoms with Gasteiger partial charge in [0.15, 0.2) is 0 Å². The van der Waals surface area contributed by atoms with Gasteiger partial charge >= 0.3 is 0 Å². The first-order chi connectivity index (χ1) is 23.0. The second kappa shape index (κ2) is 11.8. The Hall–Kier alpha value is -5.34. The first-order valence-electron chi connectivity index (χ1n) is 16.8. The Kier molecular flexibility index (Phi) is 7.29. The molecular weight excluding hydrogens is 569 g/mol. The number of rotatable bonds is 6. The van der Waals surface area contributed by atoms with Gasteiger partial charge in [-0.25, -0.2) is 0 Å². The van der Waals surface area contributed by atoms with Gasteiger partial charge < -0.3 is 9.80 Å². The summed E-state index contributed by atoms with van der Waals surface area (Å²) in [6.07, 6.45) is 15.9. The normalized spacial score (nSPS) is 22.5. The Morgan fingerprint density at radius 2 is 1.17 bits per heavy atom. The first kappa shape index (κ1) is 29.1. The number of anilines is 4. The number of hydrogen-bond donors (Lipinski definition) is 0. The summed E-state index contributed by atoms with van der Waals surface area (Å²) in [6.45, 7) is 6.93. The average Bonchev–Trinajstić information content (AvgIpc) is 3.39. The zero-order chi connectivity index (χ0) is 32.0. The van der Waals surface area contributed by atoms with Gasteiger partial charge in [-0.05, 0) is 84.1 Å². The molecule has 0 bridgehead atoms. The monoisotopic (exact) mass is 608 g/mol. The van der Waals surface area contributed by atoms with Crippen molar-refractivity contribution in [2.45, 2.75) is 38.3 Å². The highest BCUT2D eigenvalue weighted by molar-refractivity contribution is 5.80. The van der Waals surface area contributed by atoms with Crippen molar-refractivity contribution in [2.24, 2.45) is 5.92 Å². The molecule has 0 fully saturated rings. The van der Waals surface area contributed by atoms with E-state index in [0.717, 1.165) is 0 Å². The fourth-order valence-electron chi connectivity index (χ4n) is 7.76. The fourth-order valence-corrected chi connectivity index (χ4v) is 7.76. The SMILES string of the molecule is CC1=CC=CC(N(c2ccc(-c3ccccc3)cc2)c2ccc(-c3ccc(N4c5ccccc5C5C=CC=CC54C)cc3)cc2)C1C. The van der Waals surface area contributed by atoms with Crippen molar-refractivity contribution >= 4 is 22.7 Å². The smallest absolute Gasteiger partial charge is 0.0712 e. The molecule has 4 atom stereocenters. The predicted molar refractivity (Wildman–Crippen MR) is 200 cm³/mol. The van der Waals surface area contributed by atoms with E-state index in [0.29, 0.717) is 11.8 Å². The van der Waals surface area contributed by atoms with Gasteiger partial charge in [-0.1, -0.05) is 140 Å². The van der Waals surface area contributed by atoms with Crippen molar-refractivity contribution in [2.75, 3.05) is 9.80 Å². The minimum atomic E-state index is -0.122. The zero-order valence-corrected chi connectivity index (χ0v) is 27.3. The van der Waals surface area contributed by atoms with E-state index in [-0.39, 0.29) is 11.6 Å². The number of allylic oxidation sites excluding steroid dienone is 4. The Morgan fingerprint density at radius 1 is 0.596 bits per heavy atom. The maximum atomic E-state index is 2.51. The topological polar surface area (TPSA) is 6.48 Å². The van der Waals surface area contributed by atoms with Crippen molar-refractivity contribution in [3.63, 3.8) is 0 Å². The van der Waals surface area contributed by atoms with Gasteiger partial charge in [-0.15, -0.1) is 0 Å². The molecule has 0 amide bonds. The minimum absolute atomic E-state index is 0.122. The second-order valence-electron chi connectivity index (χ2n) is 13.3. The maximum Gasteiger partial charge on any atom is 0.0712 e. The number of para-hydroxylation sites is 1. The third-order valence-corrected chi connectivity index (χ3v) is 10.5. The molecule has 0 N–H and O–H groups in total. The lowest BCUT2D eigenvalue weighted by molar-refractivity contribution is 0.542. The molecule has 0 spiro atoms. The molecule has 1 aliphatic heterocycles. The molecule has 5 aromatic rings. The zero-order valence-electron chi connectivity index (χ0n) is 27.3. The molecule has 2 aliphatic carbocycles. The van der Waals surface area contributed by atoms with Crippen molar-refractivity contribution in [1.82, 2.24) is 0 Å². The summed E-state index contributed by atoms with van der Waals surface area (Å²) in [6, 6.07) is 46.9. The molecule has 1 heterocycles. The molecule has 2 nitrogen and oxygen atoms in total. The van der Waals surface area contributed by atoms with Gasteiger partial charge in [0.1, 0.15) is 0 Å². The summed E-state index contributed by atoms with van der Waals surface area (Å²) >= 11 is 0. The van der Waals surface area contributed by atoms with Crippen LogP contribution in [0.5, 0.6) is 0 Å². The average molecular weight is 609 g/mol. The summed E-state index contributed by atoms with van der Waals surface area (Å²) in [7, 11) is 0. The Bertz CT molecular complexity index is 2010. The number of benzene rings is 5. The van der Waals surface area contributed by atoms with Crippen molar-refractivity contribution in [1.29, 1.82) is 0 Å². The van der Waals surface area contributed by atoms with Crippen molar-refractivity contribution < 1.29 is 0 Å². The lowest BCUT2D eigenvalue weighted by atomic mass is 9.80. The van der Waals surface area contributed by atoms with Crippen LogP contribution >= 0.6 is 0 Å². The standard InChI is InChI=1S/C45H40N2/c1-32-12-11-18-43(33(32)2)46(38-25-19-35(20-26-38)34-13-5-4-6-14-34)39-27-21-36(22-28-39)37-23-29-40(30-24-37)47-44-17-8-7-15-41(44)42-16-9-10-31-45(42,47)3/h4-31,33,42-43H,1-3H3. The largest absolute Gasteiger partial charge is 0.334 e. The third-order valence-electron chi connectivity index (χ3n) is 10.5. The van der Waals surface area contributed by atoms with E-state index >= 15 is 0 Å². The van der Waals surface area contributed by atoms with Gasteiger partial charge in [0.25, 0.3) is 0 Å². The molecule has 5 aromatic carbocycles. The van der Waals surface area contributed by atoms with Gasteiger partial charge in [0, 0.05) is 34.6 Å². The minimum Gasteiger partial charge on any atom is -0.334 e. The number of fused-ring (bicyclic) bond motifs is 3. The van der Waals surface area contributed by atoms with Crippen LogP contribution in [0.2, 0.25) is 0 Å².